The predicted molar refractivity (Wildman–Crippen MR) is 82.4 cm³/mol. The highest BCUT2D eigenvalue weighted by molar-refractivity contribution is 5.77. The number of hydrogen-bond acceptors (Lipinski definition) is 3. The maximum absolute atomic E-state index is 11.9. The Morgan fingerprint density at radius 3 is 2.71 bits per heavy atom. The molecule has 0 bridgehead atoms. The van der Waals surface area contributed by atoms with Gasteiger partial charge in [0, 0.05) is 6.54 Å². The minimum Gasteiger partial charge on any atom is -0.483 e. The maximum Gasteiger partial charge on any atom is 0.257 e. The van der Waals surface area contributed by atoms with Crippen molar-refractivity contribution >= 4 is 5.91 Å². The molecule has 2 rings (SSSR count). The number of para-hydroxylation sites is 1. The third-order valence-electron chi connectivity index (χ3n) is 4.10. The summed E-state index contributed by atoms with van der Waals surface area (Å²) in [6.07, 6.45) is 3.60. The molecule has 21 heavy (non-hydrogen) atoms. The molecule has 0 aliphatic heterocycles. The van der Waals surface area contributed by atoms with E-state index in [1.54, 1.807) is 0 Å². The molecule has 1 aromatic carbocycles. The number of carbonyl (C=O) groups excluding carboxylic acids is 1. The van der Waals surface area contributed by atoms with E-state index in [1.807, 2.05) is 32.0 Å². The number of carbonyl (C=O) groups is 1. The monoisotopic (exact) mass is 291 g/mol. The van der Waals surface area contributed by atoms with E-state index in [-0.39, 0.29) is 18.6 Å². The van der Waals surface area contributed by atoms with Crippen LogP contribution in [-0.4, -0.2) is 30.3 Å². The Hall–Kier alpha value is -1.55. The van der Waals surface area contributed by atoms with Gasteiger partial charge in [0.25, 0.3) is 5.91 Å². The molecule has 1 aromatic rings. The third-order valence-corrected chi connectivity index (χ3v) is 4.10. The van der Waals surface area contributed by atoms with Crippen molar-refractivity contribution < 1.29 is 14.6 Å². The molecule has 0 radical (unpaired) electrons. The lowest BCUT2D eigenvalue weighted by atomic mass is 9.87. The van der Waals surface area contributed by atoms with Crippen molar-refractivity contribution in [1.29, 1.82) is 0 Å². The summed E-state index contributed by atoms with van der Waals surface area (Å²) >= 11 is 0. The first-order chi connectivity index (χ1) is 10.1. The molecule has 1 aliphatic rings. The number of hydrogen-bond donors (Lipinski definition) is 2. The van der Waals surface area contributed by atoms with Crippen LogP contribution < -0.4 is 10.1 Å². The largest absolute Gasteiger partial charge is 0.483 e. The molecule has 1 amide bonds. The number of rotatable bonds is 5. The second kappa shape index (κ2) is 7.46. The van der Waals surface area contributed by atoms with Crippen LogP contribution in [0.15, 0.2) is 18.2 Å². The summed E-state index contributed by atoms with van der Waals surface area (Å²) in [7, 11) is 0. The van der Waals surface area contributed by atoms with Crippen molar-refractivity contribution in [2.75, 3.05) is 13.2 Å². The normalized spacial score (nSPS) is 21.9. The smallest absolute Gasteiger partial charge is 0.257 e. The summed E-state index contributed by atoms with van der Waals surface area (Å²) in [5, 5.41) is 12.5. The van der Waals surface area contributed by atoms with Crippen molar-refractivity contribution in [1.82, 2.24) is 5.32 Å². The van der Waals surface area contributed by atoms with E-state index in [0.717, 1.165) is 42.6 Å². The van der Waals surface area contributed by atoms with Gasteiger partial charge in [0.05, 0.1) is 6.10 Å². The zero-order chi connectivity index (χ0) is 15.2. The molecule has 2 atom stereocenters. The molecule has 116 valence electrons. The molecular weight excluding hydrogens is 266 g/mol. The second-order valence-electron chi connectivity index (χ2n) is 6.00. The average molecular weight is 291 g/mol. The Kier molecular flexibility index (Phi) is 5.62. The molecule has 1 saturated carbocycles. The van der Waals surface area contributed by atoms with Crippen LogP contribution in [0, 0.1) is 19.8 Å². The summed E-state index contributed by atoms with van der Waals surface area (Å²) in [6.45, 7) is 4.63. The summed E-state index contributed by atoms with van der Waals surface area (Å²) in [6, 6.07) is 5.93. The molecule has 1 fully saturated rings. The van der Waals surface area contributed by atoms with Crippen LogP contribution in [0.5, 0.6) is 5.75 Å². The van der Waals surface area contributed by atoms with Crippen LogP contribution in [-0.2, 0) is 4.79 Å². The summed E-state index contributed by atoms with van der Waals surface area (Å²) < 4.78 is 5.63. The molecule has 2 unspecified atom stereocenters. The van der Waals surface area contributed by atoms with E-state index in [9.17, 15) is 9.90 Å². The van der Waals surface area contributed by atoms with Crippen molar-refractivity contribution in [2.24, 2.45) is 5.92 Å². The van der Waals surface area contributed by atoms with Gasteiger partial charge in [0.2, 0.25) is 0 Å². The SMILES string of the molecule is Cc1cccc(C)c1OCC(=O)NCC1CCCC(O)C1. The lowest BCUT2D eigenvalue weighted by Crippen LogP contribution is -2.35. The lowest BCUT2D eigenvalue weighted by Gasteiger charge is -2.25. The number of aryl methyl sites for hydroxylation is 2. The molecule has 4 nitrogen and oxygen atoms in total. The second-order valence-corrected chi connectivity index (χ2v) is 6.00. The molecule has 4 heteroatoms. The predicted octanol–water partition coefficient (Wildman–Crippen LogP) is 2.35. The highest BCUT2D eigenvalue weighted by atomic mass is 16.5. The van der Waals surface area contributed by atoms with Gasteiger partial charge in [0.1, 0.15) is 5.75 Å². The highest BCUT2D eigenvalue weighted by Gasteiger charge is 2.20. The topological polar surface area (TPSA) is 58.6 Å². The molecule has 0 aromatic heterocycles. The number of aliphatic hydroxyl groups excluding tert-OH is 1. The van der Waals surface area contributed by atoms with E-state index < -0.39 is 0 Å². The first-order valence-corrected chi connectivity index (χ1v) is 7.70. The van der Waals surface area contributed by atoms with Gasteiger partial charge in [-0.2, -0.15) is 0 Å². The summed E-state index contributed by atoms with van der Waals surface area (Å²) in [4.78, 5) is 11.9. The van der Waals surface area contributed by atoms with Gasteiger partial charge in [-0.1, -0.05) is 24.6 Å². The fraction of sp³-hybridized carbons (Fsp3) is 0.588. The Morgan fingerprint density at radius 2 is 2.05 bits per heavy atom. The first-order valence-electron chi connectivity index (χ1n) is 7.70. The fourth-order valence-electron chi connectivity index (χ4n) is 2.92. The standard InChI is InChI=1S/C17H25NO3/c1-12-5-3-6-13(2)17(12)21-11-16(20)18-10-14-7-4-8-15(19)9-14/h3,5-6,14-15,19H,4,7-11H2,1-2H3,(H,18,20). The van der Waals surface area contributed by atoms with E-state index in [4.69, 9.17) is 4.74 Å². The van der Waals surface area contributed by atoms with Gasteiger partial charge in [0.15, 0.2) is 6.61 Å². The van der Waals surface area contributed by atoms with E-state index in [1.165, 1.54) is 0 Å². The van der Waals surface area contributed by atoms with Gasteiger partial charge >= 0.3 is 0 Å². The van der Waals surface area contributed by atoms with Crippen molar-refractivity contribution in [2.45, 2.75) is 45.6 Å². The van der Waals surface area contributed by atoms with E-state index >= 15 is 0 Å². The van der Waals surface area contributed by atoms with E-state index in [0.29, 0.717) is 12.5 Å². The van der Waals surface area contributed by atoms with Crippen LogP contribution in [0.1, 0.15) is 36.8 Å². The molecule has 0 spiro atoms. The Bertz CT molecular complexity index is 467. The van der Waals surface area contributed by atoms with Crippen molar-refractivity contribution in [3.05, 3.63) is 29.3 Å². The Balaban J connectivity index is 1.75. The van der Waals surface area contributed by atoms with Crippen LogP contribution in [0.25, 0.3) is 0 Å². The molecule has 0 heterocycles. The average Bonchev–Trinajstić information content (AvgIpc) is 2.45. The van der Waals surface area contributed by atoms with E-state index in [2.05, 4.69) is 5.32 Å². The number of aliphatic hydroxyl groups is 1. The van der Waals surface area contributed by atoms with Crippen LogP contribution >= 0.6 is 0 Å². The molecule has 0 saturated heterocycles. The van der Waals surface area contributed by atoms with Crippen LogP contribution in [0.3, 0.4) is 0 Å². The maximum atomic E-state index is 11.9. The van der Waals surface area contributed by atoms with Gasteiger partial charge in [-0.25, -0.2) is 0 Å². The molecule has 2 N–H and O–H groups in total. The van der Waals surface area contributed by atoms with Crippen LogP contribution in [0.4, 0.5) is 0 Å². The fourth-order valence-corrected chi connectivity index (χ4v) is 2.92. The lowest BCUT2D eigenvalue weighted by molar-refractivity contribution is -0.123. The minimum atomic E-state index is -0.202. The van der Waals surface area contributed by atoms with Crippen molar-refractivity contribution in [3.8, 4) is 5.75 Å². The Labute approximate surface area is 126 Å². The molecule has 1 aliphatic carbocycles. The van der Waals surface area contributed by atoms with Gasteiger partial charge in [-0.15, -0.1) is 0 Å². The third kappa shape index (κ3) is 4.74. The Morgan fingerprint density at radius 1 is 1.33 bits per heavy atom. The first kappa shape index (κ1) is 15.8. The van der Waals surface area contributed by atoms with Gasteiger partial charge in [-0.3, -0.25) is 4.79 Å². The summed E-state index contributed by atoms with van der Waals surface area (Å²) in [5.41, 5.74) is 2.08. The number of ether oxygens (including phenoxy) is 1. The van der Waals surface area contributed by atoms with Gasteiger partial charge in [-0.05, 0) is 50.2 Å². The van der Waals surface area contributed by atoms with Crippen LogP contribution in [0.2, 0.25) is 0 Å². The number of benzene rings is 1. The number of amides is 1. The zero-order valence-corrected chi connectivity index (χ0v) is 12.9. The number of nitrogens with one attached hydrogen (secondary N) is 1. The minimum absolute atomic E-state index is 0.0426. The quantitative estimate of drug-likeness (QED) is 0.875. The molecular formula is C17H25NO3. The van der Waals surface area contributed by atoms with Gasteiger partial charge < -0.3 is 15.2 Å². The van der Waals surface area contributed by atoms with Crippen molar-refractivity contribution in [3.63, 3.8) is 0 Å². The highest BCUT2D eigenvalue weighted by Crippen LogP contribution is 2.24. The zero-order valence-electron chi connectivity index (χ0n) is 12.9. The summed E-state index contributed by atoms with van der Waals surface area (Å²) in [5.74, 6) is 1.08.